The fourth-order valence-electron chi connectivity index (χ4n) is 2.78. The highest BCUT2D eigenvalue weighted by Crippen LogP contribution is 2.44. The summed E-state index contributed by atoms with van der Waals surface area (Å²) >= 11 is 0. The van der Waals surface area contributed by atoms with Crippen LogP contribution < -0.4 is 11.1 Å². The Kier molecular flexibility index (Phi) is 5.06. The molecule has 3 atom stereocenters. The number of hydrogen-bond donors (Lipinski definition) is 2. The van der Waals surface area contributed by atoms with Crippen LogP contribution in [0.3, 0.4) is 0 Å². The Morgan fingerprint density at radius 3 is 2.50 bits per heavy atom. The van der Waals surface area contributed by atoms with Crippen LogP contribution in [0.25, 0.3) is 0 Å². The molecule has 3 nitrogen and oxygen atoms in total. The number of carbonyl (C=O) groups excluding carboxylic acids is 1. The van der Waals surface area contributed by atoms with Crippen molar-refractivity contribution >= 4 is 18.3 Å². The van der Waals surface area contributed by atoms with Gasteiger partial charge in [0, 0.05) is 6.04 Å². The molecule has 2 unspecified atom stereocenters. The van der Waals surface area contributed by atoms with E-state index in [4.69, 9.17) is 5.73 Å². The molecule has 3 N–H and O–H groups in total. The van der Waals surface area contributed by atoms with Crippen molar-refractivity contribution in [3.63, 3.8) is 0 Å². The summed E-state index contributed by atoms with van der Waals surface area (Å²) in [5.41, 5.74) is 5.52. The summed E-state index contributed by atoms with van der Waals surface area (Å²) in [4.78, 5) is 11.4. The zero-order valence-electron chi connectivity index (χ0n) is 9.95. The SMILES string of the molecule is C[C@@H](N)C(=O)NC1CC1C1CCCCC1.Cl. The zero-order chi connectivity index (χ0) is 10.8. The largest absolute Gasteiger partial charge is 0.352 e. The summed E-state index contributed by atoms with van der Waals surface area (Å²) in [5, 5.41) is 3.04. The van der Waals surface area contributed by atoms with Gasteiger partial charge in [0.2, 0.25) is 5.91 Å². The third-order valence-corrected chi connectivity index (χ3v) is 3.84. The van der Waals surface area contributed by atoms with Crippen LogP contribution in [-0.2, 0) is 4.79 Å². The van der Waals surface area contributed by atoms with Gasteiger partial charge in [-0.1, -0.05) is 32.1 Å². The Hall–Kier alpha value is -0.280. The molecule has 0 aromatic rings. The van der Waals surface area contributed by atoms with Gasteiger partial charge in [0.1, 0.15) is 0 Å². The van der Waals surface area contributed by atoms with Gasteiger partial charge in [-0.15, -0.1) is 12.4 Å². The first-order chi connectivity index (χ1) is 7.18. The molecule has 0 spiro atoms. The smallest absolute Gasteiger partial charge is 0.236 e. The van der Waals surface area contributed by atoms with Crippen molar-refractivity contribution in [1.29, 1.82) is 0 Å². The van der Waals surface area contributed by atoms with E-state index in [-0.39, 0.29) is 24.4 Å². The van der Waals surface area contributed by atoms with E-state index in [1.54, 1.807) is 6.92 Å². The number of hydrogen-bond acceptors (Lipinski definition) is 2. The number of nitrogens with two attached hydrogens (primary N) is 1. The average molecular weight is 247 g/mol. The Labute approximate surface area is 104 Å². The fourth-order valence-corrected chi connectivity index (χ4v) is 2.78. The van der Waals surface area contributed by atoms with Gasteiger partial charge in [-0.25, -0.2) is 0 Å². The Bertz CT molecular complexity index is 239. The van der Waals surface area contributed by atoms with Crippen LogP contribution in [-0.4, -0.2) is 18.0 Å². The first-order valence-corrected chi connectivity index (χ1v) is 6.24. The maximum atomic E-state index is 11.4. The molecule has 2 saturated carbocycles. The summed E-state index contributed by atoms with van der Waals surface area (Å²) in [6, 6.07) is 0.0733. The molecule has 0 aromatic carbocycles. The summed E-state index contributed by atoms with van der Waals surface area (Å²) in [6.45, 7) is 1.74. The standard InChI is InChI=1S/C12H22N2O.ClH/c1-8(13)12(15)14-11-7-10(11)9-5-3-2-4-6-9;/h8-11H,2-7,13H2,1H3,(H,14,15);1H/t8-,10?,11?;/m1./s1. The molecule has 0 aromatic heterocycles. The van der Waals surface area contributed by atoms with Gasteiger partial charge in [0.25, 0.3) is 0 Å². The maximum Gasteiger partial charge on any atom is 0.236 e. The topological polar surface area (TPSA) is 55.1 Å². The average Bonchev–Trinajstić information content (AvgIpc) is 2.98. The molecule has 0 aliphatic heterocycles. The normalized spacial score (nSPS) is 31.4. The Balaban J connectivity index is 0.00000128. The fraction of sp³-hybridized carbons (Fsp3) is 0.917. The summed E-state index contributed by atoms with van der Waals surface area (Å²) in [6.07, 6.45) is 8.10. The second-order valence-electron chi connectivity index (χ2n) is 5.20. The van der Waals surface area contributed by atoms with Gasteiger partial charge in [-0.3, -0.25) is 4.79 Å². The first-order valence-electron chi connectivity index (χ1n) is 6.24. The van der Waals surface area contributed by atoms with Crippen molar-refractivity contribution in [2.45, 2.75) is 57.5 Å². The van der Waals surface area contributed by atoms with E-state index in [9.17, 15) is 4.79 Å². The van der Waals surface area contributed by atoms with Crippen LogP contribution in [0.15, 0.2) is 0 Å². The highest BCUT2D eigenvalue weighted by molar-refractivity contribution is 5.85. The van der Waals surface area contributed by atoms with E-state index in [1.165, 1.54) is 38.5 Å². The number of rotatable bonds is 3. The summed E-state index contributed by atoms with van der Waals surface area (Å²) < 4.78 is 0. The molecule has 0 saturated heterocycles. The van der Waals surface area contributed by atoms with Gasteiger partial charge in [-0.05, 0) is 25.2 Å². The monoisotopic (exact) mass is 246 g/mol. The van der Waals surface area contributed by atoms with Crippen LogP contribution in [0.1, 0.15) is 45.4 Å². The molecule has 0 heterocycles. The minimum absolute atomic E-state index is 0. The van der Waals surface area contributed by atoms with E-state index in [0.717, 1.165) is 11.8 Å². The lowest BCUT2D eigenvalue weighted by Gasteiger charge is -2.21. The summed E-state index contributed by atoms with van der Waals surface area (Å²) in [7, 11) is 0. The van der Waals surface area contributed by atoms with Crippen molar-refractivity contribution in [2.24, 2.45) is 17.6 Å². The third kappa shape index (κ3) is 3.36. The van der Waals surface area contributed by atoms with Crippen LogP contribution in [0, 0.1) is 11.8 Å². The molecule has 1 amide bonds. The molecular formula is C12H23ClN2O. The van der Waals surface area contributed by atoms with Crippen molar-refractivity contribution < 1.29 is 4.79 Å². The number of amides is 1. The lowest BCUT2D eigenvalue weighted by molar-refractivity contribution is -0.122. The molecule has 0 bridgehead atoms. The first kappa shape index (κ1) is 13.8. The number of carbonyl (C=O) groups is 1. The van der Waals surface area contributed by atoms with E-state index in [0.29, 0.717) is 6.04 Å². The van der Waals surface area contributed by atoms with E-state index < -0.39 is 0 Å². The van der Waals surface area contributed by atoms with Gasteiger partial charge in [0.15, 0.2) is 0 Å². The minimum Gasteiger partial charge on any atom is -0.352 e. The predicted octanol–water partition coefficient (Wildman–Crippen LogP) is 1.84. The summed E-state index contributed by atoms with van der Waals surface area (Å²) in [5.74, 6) is 1.64. The number of halogens is 1. The maximum absolute atomic E-state index is 11.4. The van der Waals surface area contributed by atoms with Crippen LogP contribution in [0.5, 0.6) is 0 Å². The van der Waals surface area contributed by atoms with Crippen LogP contribution in [0.4, 0.5) is 0 Å². The van der Waals surface area contributed by atoms with E-state index in [2.05, 4.69) is 5.32 Å². The molecule has 4 heteroatoms. The highest BCUT2D eigenvalue weighted by atomic mass is 35.5. The lowest BCUT2D eigenvalue weighted by atomic mass is 9.85. The number of nitrogens with one attached hydrogen (secondary N) is 1. The quantitative estimate of drug-likeness (QED) is 0.799. The third-order valence-electron chi connectivity index (χ3n) is 3.84. The highest BCUT2D eigenvalue weighted by Gasteiger charge is 2.43. The van der Waals surface area contributed by atoms with Gasteiger partial charge in [0.05, 0.1) is 6.04 Å². The molecule has 16 heavy (non-hydrogen) atoms. The van der Waals surface area contributed by atoms with Crippen LogP contribution >= 0.6 is 12.4 Å². The predicted molar refractivity (Wildman–Crippen MR) is 67.5 cm³/mol. The van der Waals surface area contributed by atoms with Crippen molar-refractivity contribution in [3.05, 3.63) is 0 Å². The minimum atomic E-state index is -0.363. The van der Waals surface area contributed by atoms with Crippen molar-refractivity contribution in [1.82, 2.24) is 5.32 Å². The van der Waals surface area contributed by atoms with Gasteiger partial charge >= 0.3 is 0 Å². The molecule has 2 aliphatic carbocycles. The van der Waals surface area contributed by atoms with Gasteiger partial charge < -0.3 is 11.1 Å². The zero-order valence-corrected chi connectivity index (χ0v) is 10.8. The van der Waals surface area contributed by atoms with Gasteiger partial charge in [-0.2, -0.15) is 0 Å². The van der Waals surface area contributed by atoms with E-state index >= 15 is 0 Å². The Morgan fingerprint density at radius 2 is 1.94 bits per heavy atom. The Morgan fingerprint density at radius 1 is 1.31 bits per heavy atom. The lowest BCUT2D eigenvalue weighted by Crippen LogP contribution is -2.40. The van der Waals surface area contributed by atoms with Crippen molar-refractivity contribution in [2.75, 3.05) is 0 Å². The second-order valence-corrected chi connectivity index (χ2v) is 5.20. The van der Waals surface area contributed by atoms with Crippen LogP contribution in [0.2, 0.25) is 0 Å². The molecule has 2 rings (SSSR count). The molecule has 2 aliphatic rings. The van der Waals surface area contributed by atoms with Crippen molar-refractivity contribution in [3.8, 4) is 0 Å². The molecule has 0 radical (unpaired) electrons. The molecule has 2 fully saturated rings. The molecular weight excluding hydrogens is 224 g/mol. The molecule has 94 valence electrons. The van der Waals surface area contributed by atoms with E-state index in [1.807, 2.05) is 0 Å². The second kappa shape index (κ2) is 5.87.